The van der Waals surface area contributed by atoms with E-state index in [1.165, 1.54) is 27.1 Å². The molecule has 4 rings (SSSR count). The van der Waals surface area contributed by atoms with Crippen LogP contribution in [0.2, 0.25) is 0 Å². The molecule has 0 saturated heterocycles. The van der Waals surface area contributed by atoms with Gasteiger partial charge >= 0.3 is 0 Å². The fourth-order valence-corrected chi connectivity index (χ4v) is 3.94. The summed E-state index contributed by atoms with van der Waals surface area (Å²) in [7, 11) is 1.69. The average molecular weight is 342 g/mol. The fraction of sp³-hybridized carbons (Fsp3) is 0.353. The highest BCUT2D eigenvalue weighted by Gasteiger charge is 2.19. The van der Waals surface area contributed by atoms with Gasteiger partial charge < -0.3 is 9.64 Å². The van der Waals surface area contributed by atoms with Crippen LogP contribution in [0.1, 0.15) is 22.7 Å². The molecule has 124 valence electrons. The van der Waals surface area contributed by atoms with E-state index in [4.69, 9.17) is 4.74 Å². The third kappa shape index (κ3) is 2.65. The lowest BCUT2D eigenvalue weighted by Gasteiger charge is -2.31. The second kappa shape index (κ2) is 5.90. The third-order valence-electron chi connectivity index (χ3n) is 4.25. The number of ether oxygens (including phenoxy) is 1. The van der Waals surface area contributed by atoms with E-state index in [2.05, 4.69) is 27.1 Å². The smallest absolute Gasteiger partial charge is 0.275 e. The lowest BCUT2D eigenvalue weighted by molar-refractivity contribution is 0.414. The molecule has 3 heterocycles. The molecule has 0 spiro atoms. The first kappa shape index (κ1) is 15.1. The Bertz CT molecular complexity index is 963. The minimum atomic E-state index is -0.119. The third-order valence-corrected chi connectivity index (χ3v) is 5.08. The quantitative estimate of drug-likeness (QED) is 0.732. The number of anilines is 1. The van der Waals surface area contributed by atoms with Gasteiger partial charge in [0.25, 0.3) is 5.56 Å². The summed E-state index contributed by atoms with van der Waals surface area (Å²) in [6.07, 6.45) is 2.13. The van der Waals surface area contributed by atoms with Crippen molar-refractivity contribution in [3.63, 3.8) is 0 Å². The molecule has 0 aliphatic carbocycles. The van der Waals surface area contributed by atoms with Gasteiger partial charge in [0.15, 0.2) is 0 Å². The number of fused-ring (bicyclic) bond motifs is 2. The van der Waals surface area contributed by atoms with Crippen LogP contribution in [0.4, 0.5) is 5.69 Å². The molecule has 0 unspecified atom stereocenters. The van der Waals surface area contributed by atoms with Crippen LogP contribution < -0.4 is 15.2 Å². The maximum Gasteiger partial charge on any atom is 0.275 e. The Hall–Kier alpha value is -2.41. The Labute approximate surface area is 143 Å². The van der Waals surface area contributed by atoms with E-state index in [-0.39, 0.29) is 5.56 Å². The minimum Gasteiger partial charge on any atom is -0.497 e. The molecule has 0 fully saturated rings. The summed E-state index contributed by atoms with van der Waals surface area (Å²) in [5.41, 5.74) is 3.15. The molecule has 6 nitrogen and oxygen atoms in total. The largest absolute Gasteiger partial charge is 0.497 e. The standard InChI is InChI=1S/C17H18N4O2S/c1-11-19-21-16(22)9-13(18-17(21)24-11)10-20-7-3-4-12-8-14(23-2)5-6-15(12)20/h5-6,8-9H,3-4,7,10H2,1-2H3. The minimum absolute atomic E-state index is 0.119. The van der Waals surface area contributed by atoms with Crippen LogP contribution in [-0.2, 0) is 13.0 Å². The molecule has 3 aromatic rings. The zero-order valence-corrected chi connectivity index (χ0v) is 14.5. The zero-order chi connectivity index (χ0) is 16.7. The maximum atomic E-state index is 12.2. The van der Waals surface area contributed by atoms with Gasteiger partial charge in [-0.2, -0.15) is 9.61 Å². The number of nitrogens with zero attached hydrogens (tertiary/aromatic N) is 4. The molecule has 7 heteroatoms. The Morgan fingerprint density at radius 3 is 3.04 bits per heavy atom. The second-order valence-electron chi connectivity index (χ2n) is 5.92. The van der Waals surface area contributed by atoms with Crippen molar-refractivity contribution >= 4 is 22.0 Å². The molecule has 0 radical (unpaired) electrons. The van der Waals surface area contributed by atoms with E-state index in [9.17, 15) is 4.79 Å². The molecule has 0 amide bonds. The highest BCUT2D eigenvalue weighted by Crippen LogP contribution is 2.31. The van der Waals surface area contributed by atoms with Crippen LogP contribution in [0.3, 0.4) is 0 Å². The van der Waals surface area contributed by atoms with Crippen molar-refractivity contribution in [2.75, 3.05) is 18.6 Å². The average Bonchev–Trinajstić information content (AvgIpc) is 2.95. The molecule has 1 aromatic carbocycles. The van der Waals surface area contributed by atoms with Gasteiger partial charge in [-0.1, -0.05) is 11.3 Å². The van der Waals surface area contributed by atoms with Crippen molar-refractivity contribution in [3.8, 4) is 5.75 Å². The Kier molecular flexibility index (Phi) is 3.72. The first-order chi connectivity index (χ1) is 11.6. The molecule has 0 bridgehead atoms. The van der Waals surface area contributed by atoms with Crippen molar-refractivity contribution in [1.29, 1.82) is 0 Å². The van der Waals surface area contributed by atoms with E-state index < -0.39 is 0 Å². The van der Waals surface area contributed by atoms with Crippen molar-refractivity contribution in [3.05, 3.63) is 50.9 Å². The van der Waals surface area contributed by atoms with Crippen LogP contribution in [0.15, 0.2) is 29.1 Å². The van der Waals surface area contributed by atoms with Gasteiger partial charge in [0.1, 0.15) is 10.8 Å². The summed E-state index contributed by atoms with van der Waals surface area (Å²) in [5.74, 6) is 0.883. The molecule has 0 saturated carbocycles. The van der Waals surface area contributed by atoms with Crippen molar-refractivity contribution in [2.45, 2.75) is 26.3 Å². The van der Waals surface area contributed by atoms with E-state index in [0.717, 1.165) is 35.8 Å². The molecular weight excluding hydrogens is 324 g/mol. The number of rotatable bonds is 3. The van der Waals surface area contributed by atoms with Crippen molar-refractivity contribution in [1.82, 2.24) is 14.6 Å². The molecule has 0 atom stereocenters. The van der Waals surface area contributed by atoms with Gasteiger partial charge in [-0.25, -0.2) is 4.98 Å². The van der Waals surface area contributed by atoms with Gasteiger partial charge in [0.05, 0.1) is 19.3 Å². The van der Waals surface area contributed by atoms with Crippen LogP contribution in [-0.4, -0.2) is 28.3 Å². The molecule has 1 aliphatic heterocycles. The monoisotopic (exact) mass is 342 g/mol. The fourth-order valence-electron chi connectivity index (χ4n) is 3.17. The summed E-state index contributed by atoms with van der Waals surface area (Å²) in [5, 5.41) is 5.03. The molecule has 24 heavy (non-hydrogen) atoms. The number of methoxy groups -OCH3 is 1. The predicted molar refractivity (Wildman–Crippen MR) is 94.2 cm³/mol. The van der Waals surface area contributed by atoms with E-state index >= 15 is 0 Å². The first-order valence-corrected chi connectivity index (χ1v) is 8.74. The van der Waals surface area contributed by atoms with E-state index in [1.54, 1.807) is 13.2 Å². The number of hydrogen-bond donors (Lipinski definition) is 0. The number of aromatic nitrogens is 3. The molecule has 1 aliphatic rings. The summed E-state index contributed by atoms with van der Waals surface area (Å²) in [6.45, 7) is 3.47. The maximum absolute atomic E-state index is 12.2. The second-order valence-corrected chi connectivity index (χ2v) is 7.08. The Morgan fingerprint density at radius 1 is 1.33 bits per heavy atom. The molecule has 0 N–H and O–H groups in total. The molecule has 2 aromatic heterocycles. The number of hydrogen-bond acceptors (Lipinski definition) is 6. The summed E-state index contributed by atoms with van der Waals surface area (Å²) < 4.78 is 6.69. The number of benzene rings is 1. The Morgan fingerprint density at radius 2 is 2.21 bits per heavy atom. The van der Waals surface area contributed by atoms with Crippen LogP contribution >= 0.6 is 11.3 Å². The van der Waals surface area contributed by atoms with Gasteiger partial charge in [-0.05, 0) is 43.5 Å². The van der Waals surface area contributed by atoms with E-state index in [0.29, 0.717) is 11.5 Å². The lowest BCUT2D eigenvalue weighted by Crippen LogP contribution is -2.30. The summed E-state index contributed by atoms with van der Waals surface area (Å²) >= 11 is 1.44. The lowest BCUT2D eigenvalue weighted by atomic mass is 10.0. The van der Waals surface area contributed by atoms with Gasteiger partial charge in [-0.3, -0.25) is 4.79 Å². The molecular formula is C17H18N4O2S. The van der Waals surface area contributed by atoms with Crippen LogP contribution in [0.5, 0.6) is 5.75 Å². The van der Waals surface area contributed by atoms with Gasteiger partial charge in [-0.15, -0.1) is 0 Å². The number of aryl methyl sites for hydroxylation is 2. The highest BCUT2D eigenvalue weighted by atomic mass is 32.1. The zero-order valence-electron chi connectivity index (χ0n) is 13.7. The van der Waals surface area contributed by atoms with Crippen LogP contribution in [0, 0.1) is 6.92 Å². The predicted octanol–water partition coefficient (Wildman–Crippen LogP) is 2.42. The SMILES string of the molecule is COc1ccc2c(c1)CCCN2Cc1cc(=O)n2nc(C)sc2n1. The highest BCUT2D eigenvalue weighted by molar-refractivity contribution is 7.16. The van der Waals surface area contributed by atoms with E-state index in [1.807, 2.05) is 13.0 Å². The normalized spacial score (nSPS) is 14.0. The summed E-state index contributed by atoms with van der Waals surface area (Å²) in [4.78, 5) is 19.8. The van der Waals surface area contributed by atoms with Gasteiger partial charge in [0, 0.05) is 18.3 Å². The van der Waals surface area contributed by atoms with Gasteiger partial charge in [0.2, 0.25) is 4.96 Å². The van der Waals surface area contributed by atoms with Crippen molar-refractivity contribution in [2.24, 2.45) is 0 Å². The summed E-state index contributed by atoms with van der Waals surface area (Å²) in [6, 6.07) is 7.76. The van der Waals surface area contributed by atoms with Crippen LogP contribution in [0.25, 0.3) is 4.96 Å². The van der Waals surface area contributed by atoms with Crippen molar-refractivity contribution < 1.29 is 4.74 Å². The Balaban J connectivity index is 1.68. The first-order valence-electron chi connectivity index (χ1n) is 7.92. The topological polar surface area (TPSA) is 59.7 Å².